The van der Waals surface area contributed by atoms with E-state index in [1.54, 1.807) is 0 Å². The fourth-order valence-corrected chi connectivity index (χ4v) is 1.60. The van der Waals surface area contributed by atoms with Crippen molar-refractivity contribution >= 4 is 11.5 Å². The summed E-state index contributed by atoms with van der Waals surface area (Å²) in [6.07, 6.45) is -3.35. The van der Waals surface area contributed by atoms with Crippen molar-refractivity contribution in [3.63, 3.8) is 0 Å². The first kappa shape index (κ1) is 11.5. The number of pyridine rings is 1. The van der Waals surface area contributed by atoms with Gasteiger partial charge in [0.2, 0.25) is 0 Å². The van der Waals surface area contributed by atoms with Crippen LogP contribution in [0.4, 0.5) is 13.2 Å². The smallest absolute Gasteiger partial charge is 0.431 e. The Kier molecular flexibility index (Phi) is 2.57. The molecular formula is C11H8F3NO2. The number of rotatable bonds is 1. The van der Waals surface area contributed by atoms with Crippen LogP contribution in [0.25, 0.3) is 5.52 Å². The number of ether oxygens (including phenoxy) is 1. The van der Waals surface area contributed by atoms with Gasteiger partial charge in [-0.15, -0.1) is 0 Å². The molecule has 0 saturated carbocycles. The number of hydrogen-bond acceptors (Lipinski definition) is 2. The van der Waals surface area contributed by atoms with Crippen LogP contribution in [-0.4, -0.2) is 17.5 Å². The molecule has 0 amide bonds. The third-order valence-corrected chi connectivity index (χ3v) is 2.34. The Morgan fingerprint density at radius 3 is 2.65 bits per heavy atom. The van der Waals surface area contributed by atoms with Gasteiger partial charge in [-0.1, -0.05) is 6.07 Å². The molecule has 17 heavy (non-hydrogen) atoms. The standard InChI is InChI=1S/C11H8F3NO2/c1-17-10(16)7-5-8-3-2-4-9(11(12,13)14)15(8)6-7/h2-6H,1H3. The number of aromatic nitrogens is 1. The normalized spacial score (nSPS) is 11.8. The second-order valence-electron chi connectivity index (χ2n) is 3.42. The predicted octanol–water partition coefficient (Wildman–Crippen LogP) is 2.74. The van der Waals surface area contributed by atoms with Crippen LogP contribution in [0.2, 0.25) is 0 Å². The number of hydrogen-bond donors (Lipinski definition) is 0. The van der Waals surface area contributed by atoms with Crippen molar-refractivity contribution in [2.75, 3.05) is 7.11 Å². The number of nitrogens with zero attached hydrogens (tertiary/aromatic N) is 1. The van der Waals surface area contributed by atoms with E-state index in [1.165, 1.54) is 25.3 Å². The Morgan fingerprint density at radius 2 is 2.06 bits per heavy atom. The van der Waals surface area contributed by atoms with Gasteiger partial charge < -0.3 is 9.14 Å². The fourth-order valence-electron chi connectivity index (χ4n) is 1.60. The number of alkyl halides is 3. The van der Waals surface area contributed by atoms with Crippen molar-refractivity contribution in [1.82, 2.24) is 4.40 Å². The lowest BCUT2D eigenvalue weighted by molar-refractivity contribution is -0.142. The average Bonchev–Trinajstić information content (AvgIpc) is 2.69. The number of methoxy groups -OCH3 is 1. The Balaban J connectivity index is 2.65. The molecule has 6 heteroatoms. The molecule has 90 valence electrons. The Hall–Kier alpha value is -1.98. The molecular weight excluding hydrogens is 235 g/mol. The van der Waals surface area contributed by atoms with Gasteiger partial charge in [0, 0.05) is 11.7 Å². The Morgan fingerprint density at radius 1 is 1.35 bits per heavy atom. The molecule has 2 aromatic rings. The fraction of sp³-hybridized carbons (Fsp3) is 0.182. The van der Waals surface area contributed by atoms with Crippen molar-refractivity contribution in [2.45, 2.75) is 6.18 Å². The van der Waals surface area contributed by atoms with Crippen molar-refractivity contribution in [3.05, 3.63) is 41.7 Å². The van der Waals surface area contributed by atoms with Crippen LogP contribution in [0.3, 0.4) is 0 Å². The molecule has 0 unspecified atom stereocenters. The Labute approximate surface area is 94.4 Å². The molecule has 0 aromatic carbocycles. The zero-order chi connectivity index (χ0) is 12.6. The molecule has 0 aliphatic carbocycles. The molecule has 0 radical (unpaired) electrons. The molecule has 0 atom stereocenters. The van der Waals surface area contributed by atoms with E-state index in [1.807, 2.05) is 0 Å². The molecule has 2 heterocycles. The zero-order valence-electron chi connectivity index (χ0n) is 8.78. The lowest BCUT2D eigenvalue weighted by Crippen LogP contribution is -2.10. The second-order valence-corrected chi connectivity index (χ2v) is 3.42. The maximum atomic E-state index is 12.7. The molecule has 0 aliphatic rings. The van der Waals surface area contributed by atoms with E-state index in [2.05, 4.69) is 4.74 Å². The molecule has 3 nitrogen and oxygen atoms in total. The summed E-state index contributed by atoms with van der Waals surface area (Å²) in [6, 6.07) is 5.08. The van der Waals surface area contributed by atoms with Crippen LogP contribution < -0.4 is 0 Å². The first-order valence-electron chi connectivity index (χ1n) is 4.70. The predicted molar refractivity (Wildman–Crippen MR) is 53.7 cm³/mol. The minimum absolute atomic E-state index is 0.0872. The first-order chi connectivity index (χ1) is 7.93. The Bertz CT molecular complexity index is 572. The maximum absolute atomic E-state index is 12.7. The third kappa shape index (κ3) is 1.98. The number of carbonyl (C=O) groups excluding carboxylic acids is 1. The number of halogens is 3. The first-order valence-corrected chi connectivity index (χ1v) is 4.70. The van der Waals surface area contributed by atoms with Gasteiger partial charge in [-0.2, -0.15) is 13.2 Å². The van der Waals surface area contributed by atoms with E-state index in [4.69, 9.17) is 0 Å². The van der Waals surface area contributed by atoms with Gasteiger partial charge in [-0.25, -0.2) is 4.79 Å². The highest BCUT2D eigenvalue weighted by Gasteiger charge is 2.33. The summed E-state index contributed by atoms with van der Waals surface area (Å²) in [6.45, 7) is 0. The van der Waals surface area contributed by atoms with Gasteiger partial charge in [0.15, 0.2) is 0 Å². The van der Waals surface area contributed by atoms with Gasteiger partial charge in [0.1, 0.15) is 5.69 Å². The minimum atomic E-state index is -4.47. The van der Waals surface area contributed by atoms with Crippen LogP contribution in [0, 0.1) is 0 Å². The van der Waals surface area contributed by atoms with Crippen LogP contribution in [-0.2, 0) is 10.9 Å². The van der Waals surface area contributed by atoms with Crippen LogP contribution in [0.5, 0.6) is 0 Å². The van der Waals surface area contributed by atoms with Crippen molar-refractivity contribution in [2.24, 2.45) is 0 Å². The maximum Gasteiger partial charge on any atom is 0.431 e. The lowest BCUT2D eigenvalue weighted by Gasteiger charge is -2.09. The summed E-state index contributed by atoms with van der Waals surface area (Å²) in [7, 11) is 1.18. The van der Waals surface area contributed by atoms with Gasteiger partial charge in [0.05, 0.1) is 12.7 Å². The number of fused-ring (bicyclic) bond motifs is 1. The molecule has 0 saturated heterocycles. The average molecular weight is 243 g/mol. The largest absolute Gasteiger partial charge is 0.465 e. The summed E-state index contributed by atoms with van der Waals surface area (Å²) < 4.78 is 43.4. The molecule has 0 aliphatic heterocycles. The number of carbonyl (C=O) groups is 1. The highest BCUT2D eigenvalue weighted by molar-refractivity contribution is 5.91. The second kappa shape index (κ2) is 3.80. The van der Waals surface area contributed by atoms with Crippen LogP contribution in [0.1, 0.15) is 16.1 Å². The quantitative estimate of drug-likeness (QED) is 0.721. The topological polar surface area (TPSA) is 30.7 Å². The molecule has 0 N–H and O–H groups in total. The van der Waals surface area contributed by atoms with Crippen LogP contribution in [0.15, 0.2) is 30.5 Å². The summed E-state index contributed by atoms with van der Waals surface area (Å²) in [5.74, 6) is -0.665. The lowest BCUT2D eigenvalue weighted by atomic mass is 10.3. The highest BCUT2D eigenvalue weighted by atomic mass is 19.4. The minimum Gasteiger partial charge on any atom is -0.465 e. The summed E-state index contributed by atoms with van der Waals surface area (Å²) in [4.78, 5) is 11.2. The van der Waals surface area contributed by atoms with Gasteiger partial charge in [0.25, 0.3) is 0 Å². The van der Waals surface area contributed by atoms with E-state index in [-0.39, 0.29) is 5.56 Å². The SMILES string of the molecule is COC(=O)c1cc2cccc(C(F)(F)F)n2c1. The van der Waals surface area contributed by atoms with Gasteiger partial charge >= 0.3 is 12.1 Å². The van der Waals surface area contributed by atoms with E-state index >= 15 is 0 Å². The summed E-state index contributed by atoms with van der Waals surface area (Å²) >= 11 is 0. The van der Waals surface area contributed by atoms with Crippen molar-refractivity contribution in [3.8, 4) is 0 Å². The molecule has 0 spiro atoms. The highest BCUT2D eigenvalue weighted by Crippen LogP contribution is 2.30. The van der Waals surface area contributed by atoms with E-state index in [9.17, 15) is 18.0 Å². The molecule has 0 bridgehead atoms. The van der Waals surface area contributed by atoms with Gasteiger partial charge in [-0.05, 0) is 18.2 Å². The van der Waals surface area contributed by atoms with Crippen LogP contribution >= 0.6 is 0 Å². The van der Waals surface area contributed by atoms with Gasteiger partial charge in [-0.3, -0.25) is 0 Å². The number of esters is 1. The van der Waals surface area contributed by atoms with E-state index < -0.39 is 17.8 Å². The van der Waals surface area contributed by atoms with Crippen molar-refractivity contribution in [1.29, 1.82) is 0 Å². The monoisotopic (exact) mass is 243 g/mol. The van der Waals surface area contributed by atoms with Crippen molar-refractivity contribution < 1.29 is 22.7 Å². The van der Waals surface area contributed by atoms with E-state index in [0.717, 1.165) is 16.7 Å². The zero-order valence-corrected chi connectivity index (χ0v) is 8.78. The van der Waals surface area contributed by atoms with E-state index in [0.29, 0.717) is 5.52 Å². The molecule has 2 aromatic heterocycles. The molecule has 2 rings (SSSR count). The molecule has 0 fully saturated rings. The summed E-state index contributed by atoms with van der Waals surface area (Å²) in [5.41, 5.74) is -0.449. The third-order valence-electron chi connectivity index (χ3n) is 2.34. The summed E-state index contributed by atoms with van der Waals surface area (Å²) in [5, 5.41) is 0.